The van der Waals surface area contributed by atoms with E-state index >= 15 is 0 Å². The van der Waals surface area contributed by atoms with Gasteiger partial charge >= 0.3 is 0 Å². The van der Waals surface area contributed by atoms with Crippen molar-refractivity contribution in [2.45, 2.75) is 44.2 Å². The van der Waals surface area contributed by atoms with E-state index < -0.39 is 5.60 Å². The first-order valence-corrected chi connectivity index (χ1v) is 7.26. The van der Waals surface area contributed by atoms with E-state index in [2.05, 4.69) is 5.32 Å². The molecule has 1 fully saturated rings. The first-order chi connectivity index (χ1) is 9.65. The fourth-order valence-electron chi connectivity index (χ4n) is 2.57. The Morgan fingerprint density at radius 3 is 2.80 bits per heavy atom. The summed E-state index contributed by atoms with van der Waals surface area (Å²) < 4.78 is 5.58. The number of benzene rings is 1. The number of carbonyl (C=O) groups excluding carboxylic acids is 1. The largest absolute Gasteiger partial charge is 0.396 e. The van der Waals surface area contributed by atoms with E-state index in [9.17, 15) is 4.79 Å². The maximum absolute atomic E-state index is 12.4. The lowest BCUT2D eigenvalue weighted by Gasteiger charge is -2.26. The number of aliphatic hydroxyl groups is 1. The molecule has 0 aromatic heterocycles. The molecule has 1 aliphatic heterocycles. The monoisotopic (exact) mass is 277 g/mol. The molecule has 2 atom stereocenters. The molecule has 1 heterocycles. The second-order valence-electron chi connectivity index (χ2n) is 5.49. The molecule has 1 saturated heterocycles. The van der Waals surface area contributed by atoms with Crippen LogP contribution in [0, 0.1) is 0 Å². The van der Waals surface area contributed by atoms with Gasteiger partial charge in [0.25, 0.3) is 5.91 Å². The molecule has 4 nitrogen and oxygen atoms in total. The summed E-state index contributed by atoms with van der Waals surface area (Å²) in [4.78, 5) is 12.4. The van der Waals surface area contributed by atoms with Crippen LogP contribution in [0.5, 0.6) is 0 Å². The molecule has 1 amide bonds. The van der Waals surface area contributed by atoms with E-state index in [1.54, 1.807) is 0 Å². The molecular formula is C16H23NO3. The van der Waals surface area contributed by atoms with Gasteiger partial charge in [0.2, 0.25) is 0 Å². The molecule has 0 bridgehead atoms. The van der Waals surface area contributed by atoms with Crippen LogP contribution in [0.3, 0.4) is 0 Å². The lowest BCUT2D eigenvalue weighted by molar-refractivity contribution is -0.140. The van der Waals surface area contributed by atoms with Crippen LogP contribution >= 0.6 is 0 Å². The lowest BCUT2D eigenvalue weighted by atomic mass is 9.98. The molecule has 0 spiro atoms. The first-order valence-electron chi connectivity index (χ1n) is 7.26. The fourth-order valence-corrected chi connectivity index (χ4v) is 2.57. The van der Waals surface area contributed by atoms with Crippen molar-refractivity contribution in [1.29, 1.82) is 0 Å². The number of amides is 1. The Hall–Kier alpha value is -1.39. The number of hydrogen-bond donors (Lipinski definition) is 2. The summed E-state index contributed by atoms with van der Waals surface area (Å²) in [7, 11) is 0. The molecule has 0 radical (unpaired) electrons. The summed E-state index contributed by atoms with van der Waals surface area (Å²) in [6.45, 7) is 2.63. The average molecular weight is 277 g/mol. The smallest absolute Gasteiger partial charge is 0.252 e. The van der Waals surface area contributed by atoms with Gasteiger partial charge < -0.3 is 15.2 Å². The normalized spacial score (nSPS) is 23.5. The standard InChI is InChI=1S/C16H23NO3/c1-16(10-6-12-20-16)15(19)17-14(9-5-11-18)13-7-3-2-4-8-13/h2-4,7-8,14,18H,5-6,9-12H2,1H3,(H,17,19). The highest BCUT2D eigenvalue weighted by Crippen LogP contribution is 2.27. The highest BCUT2D eigenvalue weighted by molar-refractivity contribution is 5.85. The van der Waals surface area contributed by atoms with Crippen molar-refractivity contribution in [2.75, 3.05) is 13.2 Å². The van der Waals surface area contributed by atoms with E-state index in [1.165, 1.54) is 0 Å². The third kappa shape index (κ3) is 3.58. The minimum atomic E-state index is -0.702. The zero-order valence-electron chi connectivity index (χ0n) is 12.0. The molecule has 1 aromatic rings. The van der Waals surface area contributed by atoms with Gasteiger partial charge in [-0.3, -0.25) is 4.79 Å². The van der Waals surface area contributed by atoms with Crippen molar-refractivity contribution < 1.29 is 14.6 Å². The summed E-state index contributed by atoms with van der Waals surface area (Å²) >= 11 is 0. The predicted molar refractivity (Wildman–Crippen MR) is 77.2 cm³/mol. The minimum Gasteiger partial charge on any atom is -0.396 e. The van der Waals surface area contributed by atoms with Gasteiger partial charge in [-0.1, -0.05) is 30.3 Å². The fraction of sp³-hybridized carbons (Fsp3) is 0.562. The van der Waals surface area contributed by atoms with Crippen LogP contribution in [0.25, 0.3) is 0 Å². The lowest BCUT2D eigenvalue weighted by Crippen LogP contribution is -2.45. The summed E-state index contributed by atoms with van der Waals surface area (Å²) in [6.07, 6.45) is 3.08. The Kier molecular flexibility index (Phi) is 5.15. The van der Waals surface area contributed by atoms with Crippen molar-refractivity contribution in [2.24, 2.45) is 0 Å². The van der Waals surface area contributed by atoms with E-state index in [-0.39, 0.29) is 18.6 Å². The van der Waals surface area contributed by atoms with Crippen LogP contribution < -0.4 is 5.32 Å². The van der Waals surface area contributed by atoms with Crippen molar-refractivity contribution in [3.8, 4) is 0 Å². The van der Waals surface area contributed by atoms with Crippen molar-refractivity contribution >= 4 is 5.91 Å². The van der Waals surface area contributed by atoms with Gasteiger partial charge in [0.1, 0.15) is 5.60 Å². The van der Waals surface area contributed by atoms with Gasteiger partial charge in [-0.2, -0.15) is 0 Å². The minimum absolute atomic E-state index is 0.0539. The van der Waals surface area contributed by atoms with Gasteiger partial charge in [-0.25, -0.2) is 0 Å². The molecule has 1 aliphatic rings. The van der Waals surface area contributed by atoms with Crippen molar-refractivity contribution in [3.05, 3.63) is 35.9 Å². The predicted octanol–water partition coefficient (Wildman–Crippen LogP) is 2.19. The molecule has 1 aromatic carbocycles. The number of hydrogen-bond acceptors (Lipinski definition) is 3. The first kappa shape index (κ1) is 15.0. The van der Waals surface area contributed by atoms with Gasteiger partial charge in [0.05, 0.1) is 6.04 Å². The third-order valence-electron chi connectivity index (χ3n) is 3.86. The molecular weight excluding hydrogens is 254 g/mol. The second kappa shape index (κ2) is 6.86. The number of aliphatic hydroxyl groups excluding tert-OH is 1. The zero-order chi connectivity index (χ0) is 14.4. The van der Waals surface area contributed by atoms with E-state index in [1.807, 2.05) is 37.3 Å². The van der Waals surface area contributed by atoms with Gasteiger partial charge in [-0.05, 0) is 38.2 Å². The SMILES string of the molecule is CC1(C(=O)NC(CCCO)c2ccccc2)CCCO1. The Balaban J connectivity index is 2.06. The Morgan fingerprint density at radius 2 is 2.20 bits per heavy atom. The highest BCUT2D eigenvalue weighted by Gasteiger charge is 2.38. The number of carbonyl (C=O) groups is 1. The quantitative estimate of drug-likeness (QED) is 0.838. The molecule has 2 unspecified atom stereocenters. The molecule has 0 aliphatic carbocycles. The number of rotatable bonds is 6. The van der Waals surface area contributed by atoms with E-state index in [0.717, 1.165) is 24.8 Å². The van der Waals surface area contributed by atoms with Crippen molar-refractivity contribution in [1.82, 2.24) is 5.32 Å². The maximum atomic E-state index is 12.4. The van der Waals surface area contributed by atoms with Gasteiger partial charge in [0, 0.05) is 13.2 Å². The Labute approximate surface area is 120 Å². The third-order valence-corrected chi connectivity index (χ3v) is 3.86. The van der Waals surface area contributed by atoms with Crippen LogP contribution in [0.2, 0.25) is 0 Å². The van der Waals surface area contributed by atoms with Gasteiger partial charge in [-0.15, -0.1) is 0 Å². The zero-order valence-corrected chi connectivity index (χ0v) is 12.0. The number of nitrogens with one attached hydrogen (secondary N) is 1. The van der Waals surface area contributed by atoms with Crippen LogP contribution in [0.15, 0.2) is 30.3 Å². The summed E-state index contributed by atoms with van der Waals surface area (Å²) in [5, 5.41) is 12.1. The molecule has 20 heavy (non-hydrogen) atoms. The topological polar surface area (TPSA) is 58.6 Å². The number of ether oxygens (including phenoxy) is 1. The molecule has 2 rings (SSSR count). The Morgan fingerprint density at radius 1 is 1.45 bits per heavy atom. The van der Waals surface area contributed by atoms with Crippen molar-refractivity contribution in [3.63, 3.8) is 0 Å². The maximum Gasteiger partial charge on any atom is 0.252 e. The molecule has 110 valence electrons. The van der Waals surface area contributed by atoms with Gasteiger partial charge in [0.15, 0.2) is 0 Å². The Bertz CT molecular complexity index is 427. The summed E-state index contributed by atoms with van der Waals surface area (Å²) in [5.74, 6) is -0.0539. The van der Waals surface area contributed by atoms with Crippen LogP contribution in [-0.2, 0) is 9.53 Å². The summed E-state index contributed by atoms with van der Waals surface area (Å²) in [6, 6.07) is 9.80. The van der Waals surface area contributed by atoms with E-state index in [0.29, 0.717) is 13.0 Å². The van der Waals surface area contributed by atoms with Crippen LogP contribution in [-0.4, -0.2) is 29.8 Å². The molecule has 2 N–H and O–H groups in total. The molecule has 0 saturated carbocycles. The average Bonchev–Trinajstić information content (AvgIpc) is 2.92. The molecule has 4 heteroatoms. The van der Waals surface area contributed by atoms with E-state index in [4.69, 9.17) is 9.84 Å². The summed E-state index contributed by atoms with van der Waals surface area (Å²) in [5.41, 5.74) is 0.364. The van der Waals surface area contributed by atoms with Crippen LogP contribution in [0.4, 0.5) is 0 Å². The second-order valence-corrected chi connectivity index (χ2v) is 5.49. The van der Waals surface area contributed by atoms with Crippen LogP contribution in [0.1, 0.15) is 44.2 Å². The highest BCUT2D eigenvalue weighted by atomic mass is 16.5.